The zero-order chi connectivity index (χ0) is 20.2. The summed E-state index contributed by atoms with van der Waals surface area (Å²) < 4.78 is 5.50. The molecular formula is C20H23N3O4S. The zero-order valence-electron chi connectivity index (χ0n) is 16.5. The minimum absolute atomic E-state index is 0.0598. The highest BCUT2D eigenvalue weighted by atomic mass is 32.1. The maximum absolute atomic E-state index is 13.0. The van der Waals surface area contributed by atoms with Gasteiger partial charge in [-0.2, -0.15) is 0 Å². The number of thiophene rings is 1. The van der Waals surface area contributed by atoms with Crippen LogP contribution in [-0.4, -0.2) is 54.2 Å². The molecule has 7 nitrogen and oxygen atoms in total. The van der Waals surface area contributed by atoms with Gasteiger partial charge in [0.2, 0.25) is 5.91 Å². The number of rotatable bonds is 2. The molecule has 2 aromatic rings. The monoisotopic (exact) mass is 401 g/mol. The average Bonchev–Trinajstić information content (AvgIpc) is 3.17. The van der Waals surface area contributed by atoms with E-state index in [4.69, 9.17) is 4.42 Å². The third-order valence-corrected chi connectivity index (χ3v) is 6.63. The summed E-state index contributed by atoms with van der Waals surface area (Å²) in [7, 11) is 1.66. The van der Waals surface area contributed by atoms with Crippen molar-refractivity contribution in [2.45, 2.75) is 33.7 Å². The summed E-state index contributed by atoms with van der Waals surface area (Å²) in [6.07, 6.45) is 0.605. The van der Waals surface area contributed by atoms with Crippen molar-refractivity contribution in [1.82, 2.24) is 9.80 Å². The molecule has 0 fully saturated rings. The Labute approximate surface area is 167 Å². The Hall–Kier alpha value is -2.61. The number of hydrogen-bond donors (Lipinski definition) is 0. The Bertz CT molecular complexity index is 990. The Morgan fingerprint density at radius 2 is 2.00 bits per heavy atom. The van der Waals surface area contributed by atoms with Crippen LogP contribution in [0.15, 0.2) is 10.5 Å². The van der Waals surface area contributed by atoms with Crippen molar-refractivity contribution in [1.29, 1.82) is 0 Å². The van der Waals surface area contributed by atoms with E-state index in [0.717, 1.165) is 15.4 Å². The molecule has 0 saturated heterocycles. The van der Waals surface area contributed by atoms with Gasteiger partial charge in [0.15, 0.2) is 0 Å². The van der Waals surface area contributed by atoms with E-state index in [0.29, 0.717) is 48.7 Å². The molecule has 4 heterocycles. The van der Waals surface area contributed by atoms with E-state index in [2.05, 4.69) is 0 Å². The Morgan fingerprint density at radius 3 is 2.64 bits per heavy atom. The van der Waals surface area contributed by atoms with Crippen LogP contribution in [0.1, 0.15) is 49.6 Å². The molecule has 0 bridgehead atoms. The van der Waals surface area contributed by atoms with Gasteiger partial charge in [0.25, 0.3) is 11.8 Å². The normalized spacial score (nSPS) is 16.9. The molecule has 2 aliphatic rings. The van der Waals surface area contributed by atoms with Crippen LogP contribution in [0, 0.1) is 13.8 Å². The van der Waals surface area contributed by atoms with Crippen LogP contribution in [0.4, 0.5) is 5.00 Å². The summed E-state index contributed by atoms with van der Waals surface area (Å²) >= 11 is 1.46. The predicted octanol–water partition coefficient (Wildman–Crippen LogP) is 2.59. The van der Waals surface area contributed by atoms with Crippen LogP contribution in [0.2, 0.25) is 0 Å². The number of carbonyl (C=O) groups is 3. The molecular weight excluding hydrogens is 378 g/mol. The number of furan rings is 1. The molecule has 2 aromatic heterocycles. The number of amides is 3. The molecule has 3 amide bonds. The molecule has 0 unspecified atom stereocenters. The highest BCUT2D eigenvalue weighted by Crippen LogP contribution is 2.41. The largest absolute Gasteiger partial charge is 0.466 e. The average molecular weight is 401 g/mol. The van der Waals surface area contributed by atoms with Gasteiger partial charge in [-0.05, 0) is 38.8 Å². The van der Waals surface area contributed by atoms with Gasteiger partial charge in [-0.1, -0.05) is 0 Å². The number of aryl methyl sites for hydroxylation is 2. The Kier molecular flexibility index (Phi) is 4.53. The molecule has 0 N–H and O–H groups in total. The van der Waals surface area contributed by atoms with E-state index < -0.39 is 0 Å². The summed E-state index contributed by atoms with van der Waals surface area (Å²) in [5.41, 5.74) is 2.20. The smallest absolute Gasteiger partial charge is 0.257 e. The molecule has 0 aliphatic carbocycles. The van der Waals surface area contributed by atoms with E-state index in [-0.39, 0.29) is 24.3 Å². The van der Waals surface area contributed by atoms with Crippen molar-refractivity contribution in [3.8, 4) is 0 Å². The minimum atomic E-state index is -0.113. The third-order valence-electron chi connectivity index (χ3n) is 5.39. The zero-order valence-corrected chi connectivity index (χ0v) is 17.3. The van der Waals surface area contributed by atoms with E-state index >= 15 is 0 Å². The number of fused-ring (bicyclic) bond motifs is 3. The van der Waals surface area contributed by atoms with Gasteiger partial charge < -0.3 is 19.1 Å². The number of likely N-dealkylation sites (N-methyl/N-ethyl adjacent to an activating group) is 2. The molecule has 0 atom stereocenters. The SMILES string of the molecule is CCN1C(=O)CN(C)C(=O)c2c1sc1c2CCN(C(=O)c2cc(C)oc2C)C1. The van der Waals surface area contributed by atoms with Gasteiger partial charge in [-0.25, -0.2) is 0 Å². The molecule has 2 aliphatic heterocycles. The van der Waals surface area contributed by atoms with Crippen LogP contribution < -0.4 is 4.90 Å². The van der Waals surface area contributed by atoms with E-state index in [9.17, 15) is 14.4 Å². The van der Waals surface area contributed by atoms with Gasteiger partial charge in [0.05, 0.1) is 17.7 Å². The lowest BCUT2D eigenvalue weighted by Gasteiger charge is -2.27. The third kappa shape index (κ3) is 2.83. The van der Waals surface area contributed by atoms with Crippen LogP contribution in [0.25, 0.3) is 0 Å². The molecule has 0 spiro atoms. The quantitative estimate of drug-likeness (QED) is 0.775. The summed E-state index contributed by atoms with van der Waals surface area (Å²) in [5, 5.41) is 0.719. The number of anilines is 1. The lowest BCUT2D eigenvalue weighted by Crippen LogP contribution is -2.38. The molecule has 0 aromatic carbocycles. The molecule has 4 rings (SSSR count). The van der Waals surface area contributed by atoms with Crippen molar-refractivity contribution in [3.63, 3.8) is 0 Å². The second kappa shape index (κ2) is 6.77. The van der Waals surface area contributed by atoms with Gasteiger partial charge in [0, 0.05) is 25.0 Å². The van der Waals surface area contributed by atoms with E-state index in [1.165, 1.54) is 16.2 Å². The second-order valence-electron chi connectivity index (χ2n) is 7.29. The standard InChI is InChI=1S/C20H23N3O4S/c1-5-23-16(24)10-21(4)19(26)17-13-6-7-22(9-15(13)28-20(17)23)18(25)14-8-11(2)27-12(14)3/h8H,5-7,9-10H2,1-4H3. The fourth-order valence-corrected chi connectivity index (χ4v) is 5.41. The van der Waals surface area contributed by atoms with Crippen molar-refractivity contribution in [2.24, 2.45) is 0 Å². The second-order valence-corrected chi connectivity index (χ2v) is 8.37. The maximum Gasteiger partial charge on any atom is 0.257 e. The fraction of sp³-hybridized carbons (Fsp3) is 0.450. The molecule has 28 heavy (non-hydrogen) atoms. The summed E-state index contributed by atoms with van der Waals surface area (Å²) in [4.78, 5) is 44.4. The minimum Gasteiger partial charge on any atom is -0.466 e. The van der Waals surface area contributed by atoms with Crippen LogP contribution in [0.3, 0.4) is 0 Å². The summed E-state index contributed by atoms with van der Waals surface area (Å²) in [5.74, 6) is 1.09. The van der Waals surface area contributed by atoms with Crippen LogP contribution in [0.5, 0.6) is 0 Å². The summed E-state index contributed by atoms with van der Waals surface area (Å²) in [6.45, 7) is 7.12. The van der Waals surface area contributed by atoms with Crippen molar-refractivity contribution < 1.29 is 18.8 Å². The number of hydrogen-bond acceptors (Lipinski definition) is 5. The topological polar surface area (TPSA) is 74.1 Å². The predicted molar refractivity (Wildman–Crippen MR) is 106 cm³/mol. The fourth-order valence-electron chi connectivity index (χ4n) is 3.97. The van der Waals surface area contributed by atoms with Gasteiger partial charge in [-0.15, -0.1) is 11.3 Å². The van der Waals surface area contributed by atoms with E-state index in [1.807, 2.05) is 13.8 Å². The Balaban J connectivity index is 1.70. The van der Waals surface area contributed by atoms with Crippen molar-refractivity contribution >= 4 is 34.1 Å². The lowest BCUT2D eigenvalue weighted by atomic mass is 10.0. The van der Waals surface area contributed by atoms with Crippen molar-refractivity contribution in [2.75, 3.05) is 31.6 Å². The first-order chi connectivity index (χ1) is 13.3. The maximum atomic E-state index is 13.0. The first kappa shape index (κ1) is 18.7. The lowest BCUT2D eigenvalue weighted by molar-refractivity contribution is -0.118. The molecule has 148 valence electrons. The highest BCUT2D eigenvalue weighted by Gasteiger charge is 2.37. The van der Waals surface area contributed by atoms with Gasteiger partial charge in [0.1, 0.15) is 23.1 Å². The molecule has 0 radical (unpaired) electrons. The van der Waals surface area contributed by atoms with Crippen LogP contribution in [-0.2, 0) is 17.8 Å². The number of nitrogens with zero attached hydrogens (tertiary/aromatic N) is 3. The first-order valence-corrected chi connectivity index (χ1v) is 10.2. The van der Waals surface area contributed by atoms with Crippen LogP contribution >= 0.6 is 11.3 Å². The molecule has 0 saturated carbocycles. The first-order valence-electron chi connectivity index (χ1n) is 9.38. The highest BCUT2D eigenvalue weighted by molar-refractivity contribution is 7.17. The number of carbonyl (C=O) groups excluding carboxylic acids is 3. The van der Waals surface area contributed by atoms with E-state index in [1.54, 1.807) is 29.8 Å². The van der Waals surface area contributed by atoms with Gasteiger partial charge in [-0.3, -0.25) is 14.4 Å². The van der Waals surface area contributed by atoms with Gasteiger partial charge >= 0.3 is 0 Å². The Morgan fingerprint density at radius 1 is 1.25 bits per heavy atom. The van der Waals surface area contributed by atoms with Crippen molar-refractivity contribution in [3.05, 3.63) is 39.2 Å². The summed E-state index contributed by atoms with van der Waals surface area (Å²) in [6, 6.07) is 1.77. The molecule has 8 heteroatoms.